The Kier molecular flexibility index (Phi) is 3.12. The number of amides is 1. The largest absolute Gasteiger partial charge is 0.438 e. The summed E-state index contributed by atoms with van der Waals surface area (Å²) in [6.07, 6.45) is 3.00. The molecule has 6 nitrogen and oxygen atoms in total. The minimum Gasteiger partial charge on any atom is -0.438 e. The molecule has 6 heteroatoms. The van der Waals surface area contributed by atoms with Gasteiger partial charge in [-0.25, -0.2) is 4.98 Å². The number of hydrogen-bond acceptors (Lipinski definition) is 4. The fourth-order valence-electron chi connectivity index (χ4n) is 2.41. The van der Waals surface area contributed by atoms with Crippen LogP contribution in [0.4, 0.5) is 5.69 Å². The SMILES string of the molecule is O=C(Nc1ccc2cn[nH]c2c1)c1ocnc1-c1ccccc1. The van der Waals surface area contributed by atoms with Gasteiger partial charge in [0.1, 0.15) is 5.69 Å². The topological polar surface area (TPSA) is 83.8 Å². The quantitative estimate of drug-likeness (QED) is 0.607. The molecule has 2 aromatic heterocycles. The second kappa shape index (κ2) is 5.42. The first-order chi connectivity index (χ1) is 11.3. The Bertz CT molecular complexity index is 972. The maximum Gasteiger partial charge on any atom is 0.293 e. The van der Waals surface area contributed by atoms with Gasteiger partial charge in [0.2, 0.25) is 5.76 Å². The van der Waals surface area contributed by atoms with Crippen LogP contribution < -0.4 is 5.32 Å². The summed E-state index contributed by atoms with van der Waals surface area (Å²) < 4.78 is 5.28. The molecule has 4 aromatic rings. The molecular weight excluding hydrogens is 292 g/mol. The summed E-state index contributed by atoms with van der Waals surface area (Å²) in [6, 6.07) is 15.0. The number of fused-ring (bicyclic) bond motifs is 1. The zero-order valence-electron chi connectivity index (χ0n) is 12.0. The summed E-state index contributed by atoms with van der Waals surface area (Å²) in [4.78, 5) is 16.6. The second-order valence-electron chi connectivity index (χ2n) is 5.02. The Morgan fingerprint density at radius 2 is 2.00 bits per heavy atom. The van der Waals surface area contributed by atoms with Crippen LogP contribution in [-0.4, -0.2) is 21.1 Å². The van der Waals surface area contributed by atoms with E-state index in [0.717, 1.165) is 16.5 Å². The molecule has 0 aliphatic rings. The van der Waals surface area contributed by atoms with Gasteiger partial charge in [-0.15, -0.1) is 0 Å². The molecule has 4 rings (SSSR count). The predicted octanol–water partition coefficient (Wildman–Crippen LogP) is 3.47. The van der Waals surface area contributed by atoms with E-state index in [1.165, 1.54) is 6.39 Å². The highest BCUT2D eigenvalue weighted by atomic mass is 16.3. The van der Waals surface area contributed by atoms with E-state index < -0.39 is 0 Å². The molecule has 0 atom stereocenters. The summed E-state index contributed by atoms with van der Waals surface area (Å²) in [7, 11) is 0. The number of nitrogens with one attached hydrogen (secondary N) is 2. The van der Waals surface area contributed by atoms with Crippen molar-refractivity contribution in [2.75, 3.05) is 5.32 Å². The van der Waals surface area contributed by atoms with E-state index in [1.807, 2.05) is 48.5 Å². The highest BCUT2D eigenvalue weighted by Gasteiger charge is 2.18. The number of aromatic amines is 1. The van der Waals surface area contributed by atoms with Gasteiger partial charge in [-0.2, -0.15) is 5.10 Å². The number of benzene rings is 2. The van der Waals surface area contributed by atoms with Crippen LogP contribution in [0, 0.1) is 0 Å². The molecule has 23 heavy (non-hydrogen) atoms. The van der Waals surface area contributed by atoms with E-state index >= 15 is 0 Å². The first-order valence-corrected chi connectivity index (χ1v) is 7.04. The number of nitrogens with zero attached hydrogens (tertiary/aromatic N) is 2. The van der Waals surface area contributed by atoms with Crippen molar-refractivity contribution in [2.45, 2.75) is 0 Å². The Morgan fingerprint density at radius 1 is 1.13 bits per heavy atom. The van der Waals surface area contributed by atoms with Crippen LogP contribution in [0.2, 0.25) is 0 Å². The van der Waals surface area contributed by atoms with Crippen LogP contribution >= 0.6 is 0 Å². The smallest absolute Gasteiger partial charge is 0.293 e. The number of aromatic nitrogens is 3. The zero-order valence-corrected chi connectivity index (χ0v) is 12.0. The van der Waals surface area contributed by atoms with E-state index in [1.54, 1.807) is 6.20 Å². The van der Waals surface area contributed by atoms with Gasteiger partial charge in [0.25, 0.3) is 5.91 Å². The van der Waals surface area contributed by atoms with Crippen molar-refractivity contribution in [2.24, 2.45) is 0 Å². The third-order valence-electron chi connectivity index (χ3n) is 3.52. The molecule has 2 N–H and O–H groups in total. The average Bonchev–Trinajstić information content (AvgIpc) is 3.24. The van der Waals surface area contributed by atoms with Crippen molar-refractivity contribution in [3.8, 4) is 11.3 Å². The summed E-state index contributed by atoms with van der Waals surface area (Å²) in [6.45, 7) is 0. The van der Waals surface area contributed by atoms with Crippen molar-refractivity contribution in [3.05, 3.63) is 66.9 Å². The highest BCUT2D eigenvalue weighted by molar-refractivity contribution is 6.06. The molecule has 0 saturated carbocycles. The fraction of sp³-hybridized carbons (Fsp3) is 0. The van der Waals surface area contributed by atoms with Gasteiger partial charge in [0, 0.05) is 16.6 Å². The third kappa shape index (κ3) is 2.46. The number of hydrogen-bond donors (Lipinski definition) is 2. The van der Waals surface area contributed by atoms with Gasteiger partial charge in [0.05, 0.1) is 11.7 Å². The maximum absolute atomic E-state index is 12.5. The monoisotopic (exact) mass is 304 g/mol. The maximum atomic E-state index is 12.5. The van der Waals surface area contributed by atoms with Crippen LogP contribution in [0.3, 0.4) is 0 Å². The molecule has 1 amide bonds. The lowest BCUT2D eigenvalue weighted by molar-refractivity contribution is 0.0997. The number of anilines is 1. The van der Waals surface area contributed by atoms with Gasteiger partial charge in [-0.1, -0.05) is 30.3 Å². The molecule has 112 valence electrons. The van der Waals surface area contributed by atoms with Crippen LogP contribution in [-0.2, 0) is 0 Å². The summed E-state index contributed by atoms with van der Waals surface area (Å²) in [5, 5.41) is 10.6. The summed E-state index contributed by atoms with van der Waals surface area (Å²) >= 11 is 0. The fourth-order valence-corrected chi connectivity index (χ4v) is 2.41. The van der Waals surface area contributed by atoms with Crippen molar-refractivity contribution < 1.29 is 9.21 Å². The lowest BCUT2D eigenvalue weighted by Crippen LogP contribution is -2.12. The van der Waals surface area contributed by atoms with Crippen molar-refractivity contribution in [3.63, 3.8) is 0 Å². The van der Waals surface area contributed by atoms with Crippen LogP contribution in [0.25, 0.3) is 22.2 Å². The Morgan fingerprint density at radius 3 is 2.87 bits per heavy atom. The third-order valence-corrected chi connectivity index (χ3v) is 3.52. The van der Waals surface area contributed by atoms with Crippen LogP contribution in [0.15, 0.2) is 65.5 Å². The Labute approximate surface area is 131 Å². The standard InChI is InChI=1S/C17H12N4O2/c22-17(20-13-7-6-12-9-19-21-14(12)8-13)16-15(18-10-23-16)11-4-2-1-3-5-11/h1-10H,(H,19,21)(H,20,22). The van der Waals surface area contributed by atoms with Gasteiger partial charge in [-0.05, 0) is 18.2 Å². The molecule has 0 spiro atoms. The van der Waals surface area contributed by atoms with E-state index in [9.17, 15) is 4.79 Å². The number of rotatable bonds is 3. The molecule has 0 fully saturated rings. The molecule has 0 aliphatic heterocycles. The number of carbonyl (C=O) groups is 1. The normalized spacial score (nSPS) is 10.8. The molecule has 0 radical (unpaired) electrons. The highest BCUT2D eigenvalue weighted by Crippen LogP contribution is 2.23. The minimum atomic E-state index is -0.347. The first kappa shape index (κ1) is 13.3. The predicted molar refractivity (Wildman–Crippen MR) is 86.0 cm³/mol. The van der Waals surface area contributed by atoms with E-state index in [-0.39, 0.29) is 11.7 Å². The van der Waals surface area contributed by atoms with Crippen molar-refractivity contribution >= 4 is 22.5 Å². The van der Waals surface area contributed by atoms with Crippen molar-refractivity contribution in [1.82, 2.24) is 15.2 Å². The number of carbonyl (C=O) groups excluding carboxylic acids is 1. The zero-order chi connectivity index (χ0) is 15.6. The number of oxazole rings is 1. The molecule has 2 heterocycles. The lowest BCUT2D eigenvalue weighted by atomic mass is 10.1. The van der Waals surface area contributed by atoms with Gasteiger partial charge in [0.15, 0.2) is 6.39 Å². The lowest BCUT2D eigenvalue weighted by Gasteiger charge is -2.04. The molecule has 0 saturated heterocycles. The Hall–Kier alpha value is -3.41. The molecule has 0 bridgehead atoms. The molecular formula is C17H12N4O2. The minimum absolute atomic E-state index is 0.181. The van der Waals surface area contributed by atoms with Gasteiger partial charge >= 0.3 is 0 Å². The molecule has 0 unspecified atom stereocenters. The first-order valence-electron chi connectivity index (χ1n) is 7.04. The Balaban J connectivity index is 1.64. The second-order valence-corrected chi connectivity index (χ2v) is 5.02. The van der Waals surface area contributed by atoms with E-state index in [0.29, 0.717) is 11.4 Å². The van der Waals surface area contributed by atoms with E-state index in [4.69, 9.17) is 4.42 Å². The van der Waals surface area contributed by atoms with E-state index in [2.05, 4.69) is 20.5 Å². The summed E-state index contributed by atoms with van der Waals surface area (Å²) in [5.74, 6) is -0.166. The summed E-state index contributed by atoms with van der Waals surface area (Å²) in [5.41, 5.74) is 2.85. The van der Waals surface area contributed by atoms with Gasteiger partial charge in [-0.3, -0.25) is 9.89 Å². The van der Waals surface area contributed by atoms with Gasteiger partial charge < -0.3 is 9.73 Å². The molecule has 2 aromatic carbocycles. The molecule has 0 aliphatic carbocycles. The van der Waals surface area contributed by atoms with Crippen LogP contribution in [0.5, 0.6) is 0 Å². The average molecular weight is 304 g/mol. The van der Waals surface area contributed by atoms with Crippen LogP contribution in [0.1, 0.15) is 10.6 Å². The van der Waals surface area contributed by atoms with Crippen molar-refractivity contribution in [1.29, 1.82) is 0 Å². The number of H-pyrrole nitrogens is 1.